The molecule has 0 amide bonds. The van der Waals surface area contributed by atoms with Gasteiger partial charge in [0.05, 0.1) is 7.11 Å². The predicted molar refractivity (Wildman–Crippen MR) is 79.6 cm³/mol. The maximum atomic E-state index is 14.1. The molecule has 0 bridgehead atoms. The molecule has 0 unspecified atom stereocenters. The van der Waals surface area contributed by atoms with E-state index in [1.54, 1.807) is 37.4 Å². The monoisotopic (exact) mass is 291 g/mol. The molecule has 0 radical (unpaired) electrons. The van der Waals surface area contributed by atoms with Crippen molar-refractivity contribution in [3.8, 4) is 11.5 Å². The van der Waals surface area contributed by atoms with Crippen LogP contribution in [0.4, 0.5) is 4.39 Å². The van der Waals surface area contributed by atoms with Crippen molar-refractivity contribution in [3.63, 3.8) is 0 Å². The summed E-state index contributed by atoms with van der Waals surface area (Å²) in [5, 5.41) is 0. The molecule has 0 saturated carbocycles. The van der Waals surface area contributed by atoms with Crippen molar-refractivity contribution in [1.29, 1.82) is 0 Å². The van der Waals surface area contributed by atoms with Crippen LogP contribution in [0, 0.1) is 5.82 Å². The first-order valence-electron chi connectivity index (χ1n) is 5.96. The van der Waals surface area contributed by atoms with E-state index >= 15 is 0 Å². The molecule has 2 aromatic rings. The molecule has 2 N–H and O–H groups in total. The van der Waals surface area contributed by atoms with E-state index in [9.17, 15) is 4.39 Å². The predicted octanol–water partition coefficient (Wildman–Crippen LogP) is 3.05. The van der Waals surface area contributed by atoms with Gasteiger partial charge in [0, 0.05) is 11.1 Å². The molecule has 0 aliphatic carbocycles. The fourth-order valence-corrected chi connectivity index (χ4v) is 1.93. The van der Waals surface area contributed by atoms with Gasteiger partial charge in [0.25, 0.3) is 0 Å². The topological polar surface area (TPSA) is 44.5 Å². The van der Waals surface area contributed by atoms with Gasteiger partial charge in [-0.15, -0.1) is 0 Å². The Morgan fingerprint density at radius 1 is 1.15 bits per heavy atom. The Labute approximate surface area is 122 Å². The number of para-hydroxylation sites is 2. The maximum absolute atomic E-state index is 14.1. The van der Waals surface area contributed by atoms with Gasteiger partial charge in [-0.1, -0.05) is 36.5 Å². The first kappa shape index (κ1) is 14.3. The summed E-state index contributed by atoms with van der Waals surface area (Å²) < 4.78 is 24.9. The minimum Gasteiger partial charge on any atom is -0.493 e. The van der Waals surface area contributed by atoms with Crippen molar-refractivity contribution in [2.45, 2.75) is 6.61 Å². The van der Waals surface area contributed by atoms with E-state index < -0.39 is 5.82 Å². The first-order chi connectivity index (χ1) is 9.63. The van der Waals surface area contributed by atoms with Gasteiger partial charge < -0.3 is 15.2 Å². The summed E-state index contributed by atoms with van der Waals surface area (Å²) in [5.74, 6) is 0.698. The molecule has 0 heterocycles. The van der Waals surface area contributed by atoms with Crippen LogP contribution in [0.1, 0.15) is 11.1 Å². The summed E-state index contributed by atoms with van der Waals surface area (Å²) in [6, 6.07) is 12.1. The van der Waals surface area contributed by atoms with Crippen LogP contribution < -0.4 is 15.2 Å². The number of methoxy groups -OCH3 is 1. The van der Waals surface area contributed by atoms with Crippen LogP contribution in [0.2, 0.25) is 0 Å². The zero-order chi connectivity index (χ0) is 14.5. The van der Waals surface area contributed by atoms with E-state index in [-0.39, 0.29) is 17.2 Å². The summed E-state index contributed by atoms with van der Waals surface area (Å²) in [7, 11) is 1.55. The Morgan fingerprint density at radius 3 is 2.50 bits per heavy atom. The highest BCUT2D eigenvalue weighted by atomic mass is 32.1. The van der Waals surface area contributed by atoms with Crippen molar-refractivity contribution in [2.24, 2.45) is 5.73 Å². The highest BCUT2D eigenvalue weighted by molar-refractivity contribution is 7.80. The lowest BCUT2D eigenvalue weighted by atomic mass is 10.1. The molecule has 2 aromatic carbocycles. The zero-order valence-corrected chi connectivity index (χ0v) is 11.7. The van der Waals surface area contributed by atoms with Gasteiger partial charge in [0.1, 0.15) is 17.4 Å². The third-order valence-corrected chi connectivity index (χ3v) is 3.02. The average molecular weight is 291 g/mol. The molecule has 0 aliphatic heterocycles. The lowest BCUT2D eigenvalue weighted by molar-refractivity contribution is 0.279. The number of nitrogens with two attached hydrogens (primary N) is 1. The van der Waals surface area contributed by atoms with Crippen LogP contribution in [-0.4, -0.2) is 12.1 Å². The van der Waals surface area contributed by atoms with Crippen LogP contribution in [-0.2, 0) is 6.61 Å². The molecule has 104 valence electrons. The number of ether oxygens (including phenoxy) is 2. The molecule has 0 spiro atoms. The molecule has 0 aliphatic rings. The lowest BCUT2D eigenvalue weighted by Crippen LogP contribution is -2.13. The quantitative estimate of drug-likeness (QED) is 0.860. The standard InChI is InChI=1S/C15H14FNO2S/c1-18-12-7-2-3-8-13(12)19-9-10-5-4-6-11(14(10)16)15(17)20/h2-8H,9H2,1H3,(H2,17,20). The molecule has 0 fully saturated rings. The van der Waals surface area contributed by atoms with E-state index in [1.807, 2.05) is 12.1 Å². The maximum Gasteiger partial charge on any atom is 0.161 e. The van der Waals surface area contributed by atoms with E-state index in [2.05, 4.69) is 0 Å². The van der Waals surface area contributed by atoms with Crippen LogP contribution in [0.15, 0.2) is 42.5 Å². The van der Waals surface area contributed by atoms with Crippen molar-refractivity contribution in [1.82, 2.24) is 0 Å². The van der Waals surface area contributed by atoms with Crippen molar-refractivity contribution in [3.05, 3.63) is 59.4 Å². The van der Waals surface area contributed by atoms with Gasteiger partial charge in [-0.2, -0.15) is 0 Å². The van der Waals surface area contributed by atoms with Crippen LogP contribution in [0.3, 0.4) is 0 Å². The van der Waals surface area contributed by atoms with Gasteiger partial charge in [0.15, 0.2) is 11.5 Å². The Morgan fingerprint density at radius 2 is 1.85 bits per heavy atom. The molecular formula is C15H14FNO2S. The molecule has 0 saturated heterocycles. The van der Waals surface area contributed by atoms with Crippen LogP contribution in [0.25, 0.3) is 0 Å². The number of rotatable bonds is 5. The SMILES string of the molecule is COc1ccccc1OCc1cccc(C(N)=S)c1F. The molecule has 3 nitrogen and oxygen atoms in total. The third kappa shape index (κ3) is 3.05. The summed E-state index contributed by atoms with van der Waals surface area (Å²) in [6.45, 7) is 0.0721. The number of halogens is 1. The summed E-state index contributed by atoms with van der Waals surface area (Å²) in [4.78, 5) is 0.0293. The Hall–Kier alpha value is -2.14. The number of benzene rings is 2. The van der Waals surface area contributed by atoms with E-state index in [1.165, 1.54) is 0 Å². The van der Waals surface area contributed by atoms with Gasteiger partial charge in [-0.05, 0) is 18.2 Å². The largest absolute Gasteiger partial charge is 0.493 e. The van der Waals surface area contributed by atoms with Gasteiger partial charge in [-0.3, -0.25) is 0 Å². The van der Waals surface area contributed by atoms with Crippen LogP contribution >= 0.6 is 12.2 Å². The fraction of sp³-hybridized carbons (Fsp3) is 0.133. The Kier molecular flexibility index (Phi) is 4.53. The van der Waals surface area contributed by atoms with Gasteiger partial charge in [-0.25, -0.2) is 4.39 Å². The zero-order valence-electron chi connectivity index (χ0n) is 10.9. The summed E-state index contributed by atoms with van der Waals surface area (Å²) in [6.07, 6.45) is 0. The molecule has 20 heavy (non-hydrogen) atoms. The highest BCUT2D eigenvalue weighted by Gasteiger charge is 2.11. The third-order valence-electron chi connectivity index (χ3n) is 2.80. The molecular weight excluding hydrogens is 277 g/mol. The molecule has 0 atom stereocenters. The van der Waals surface area contributed by atoms with Crippen molar-refractivity contribution < 1.29 is 13.9 Å². The lowest BCUT2D eigenvalue weighted by Gasteiger charge is -2.11. The van der Waals surface area contributed by atoms with Crippen LogP contribution in [0.5, 0.6) is 11.5 Å². The van der Waals surface area contributed by atoms with E-state index in [4.69, 9.17) is 27.4 Å². The Bertz CT molecular complexity index is 631. The Balaban J connectivity index is 2.19. The van der Waals surface area contributed by atoms with Crippen molar-refractivity contribution in [2.75, 3.05) is 7.11 Å². The molecule has 2 rings (SSSR count). The second-order valence-electron chi connectivity index (χ2n) is 4.08. The second kappa shape index (κ2) is 6.34. The number of hydrogen-bond donors (Lipinski definition) is 1. The first-order valence-corrected chi connectivity index (χ1v) is 6.37. The minimum absolute atomic E-state index is 0.0293. The molecule has 0 aromatic heterocycles. The number of hydrogen-bond acceptors (Lipinski definition) is 3. The van der Waals surface area contributed by atoms with Crippen molar-refractivity contribution >= 4 is 17.2 Å². The average Bonchev–Trinajstić information content (AvgIpc) is 2.46. The van der Waals surface area contributed by atoms with Gasteiger partial charge in [0.2, 0.25) is 0 Å². The fourth-order valence-electron chi connectivity index (χ4n) is 1.78. The van der Waals surface area contributed by atoms with Gasteiger partial charge >= 0.3 is 0 Å². The summed E-state index contributed by atoms with van der Waals surface area (Å²) >= 11 is 4.80. The van der Waals surface area contributed by atoms with E-state index in [0.29, 0.717) is 17.1 Å². The normalized spacial score (nSPS) is 10.1. The minimum atomic E-state index is -0.449. The summed E-state index contributed by atoms with van der Waals surface area (Å²) in [5.41, 5.74) is 6.08. The highest BCUT2D eigenvalue weighted by Crippen LogP contribution is 2.27. The smallest absolute Gasteiger partial charge is 0.161 e. The second-order valence-corrected chi connectivity index (χ2v) is 4.52. The number of thiocarbonyl (C=S) groups is 1. The van der Waals surface area contributed by atoms with E-state index in [0.717, 1.165) is 0 Å². The molecule has 5 heteroatoms.